The number of hydrogen-bond donors (Lipinski definition) is 1. The summed E-state index contributed by atoms with van der Waals surface area (Å²) >= 11 is 5.77. The Bertz CT molecular complexity index is 836. The Balaban J connectivity index is 1.61. The summed E-state index contributed by atoms with van der Waals surface area (Å²) in [5.74, 6) is 0.866. The fourth-order valence-electron chi connectivity index (χ4n) is 2.38. The van der Waals surface area contributed by atoms with Gasteiger partial charge >= 0.3 is 0 Å². The average Bonchev–Trinajstić information content (AvgIpc) is 2.64. The van der Waals surface area contributed by atoms with Crippen molar-refractivity contribution in [2.24, 2.45) is 0 Å². The van der Waals surface area contributed by atoms with Crippen LogP contribution in [0.15, 0.2) is 72.9 Å². The Labute approximate surface area is 151 Å². The molecule has 2 aromatic carbocycles. The lowest BCUT2D eigenvalue weighted by Crippen LogP contribution is -2.21. The van der Waals surface area contributed by atoms with E-state index in [1.807, 2.05) is 42.5 Å². The second-order valence-corrected chi connectivity index (χ2v) is 5.91. The fourth-order valence-corrected chi connectivity index (χ4v) is 2.49. The molecule has 0 saturated heterocycles. The van der Waals surface area contributed by atoms with Crippen molar-refractivity contribution in [1.82, 2.24) is 4.98 Å². The van der Waals surface area contributed by atoms with Gasteiger partial charge in [0.2, 0.25) is 0 Å². The molecule has 0 fully saturated rings. The normalized spacial score (nSPS) is 10.3. The minimum absolute atomic E-state index is 0.0872. The molecule has 1 N–H and O–H groups in total. The third-order valence-corrected chi connectivity index (χ3v) is 3.79. The van der Waals surface area contributed by atoms with Crippen molar-refractivity contribution in [2.75, 3.05) is 11.9 Å². The molecular formula is C20H17ClN2O2. The first kappa shape index (κ1) is 17.0. The molecule has 0 aliphatic carbocycles. The van der Waals surface area contributed by atoms with E-state index in [0.29, 0.717) is 16.6 Å². The molecule has 1 amide bonds. The standard InChI is InChI=1S/C20H17ClN2O2/c21-17-10-11-19(22-13-17)23-20(24)14-25-18-9-5-4-8-16(18)12-15-6-2-1-3-7-15/h1-11,13H,12,14H2,(H,22,23,24). The van der Waals surface area contributed by atoms with Gasteiger partial charge < -0.3 is 10.1 Å². The molecule has 25 heavy (non-hydrogen) atoms. The first-order chi connectivity index (χ1) is 12.2. The Kier molecular flexibility index (Phi) is 5.65. The van der Waals surface area contributed by atoms with Crippen molar-refractivity contribution in [3.8, 4) is 5.75 Å². The van der Waals surface area contributed by atoms with Crippen LogP contribution < -0.4 is 10.1 Å². The van der Waals surface area contributed by atoms with Crippen LogP contribution in [-0.2, 0) is 11.2 Å². The summed E-state index contributed by atoms with van der Waals surface area (Å²) < 4.78 is 5.70. The largest absolute Gasteiger partial charge is 0.483 e. The van der Waals surface area contributed by atoms with E-state index in [2.05, 4.69) is 22.4 Å². The second-order valence-electron chi connectivity index (χ2n) is 5.47. The van der Waals surface area contributed by atoms with Crippen LogP contribution in [0.2, 0.25) is 5.02 Å². The van der Waals surface area contributed by atoms with E-state index >= 15 is 0 Å². The predicted molar refractivity (Wildman–Crippen MR) is 99.1 cm³/mol. The molecular weight excluding hydrogens is 336 g/mol. The molecule has 0 radical (unpaired) electrons. The number of hydrogen-bond acceptors (Lipinski definition) is 3. The monoisotopic (exact) mass is 352 g/mol. The van der Waals surface area contributed by atoms with Gasteiger partial charge in [0.25, 0.3) is 5.91 Å². The minimum Gasteiger partial charge on any atom is -0.483 e. The summed E-state index contributed by atoms with van der Waals surface area (Å²) in [7, 11) is 0. The number of benzene rings is 2. The summed E-state index contributed by atoms with van der Waals surface area (Å²) in [6.45, 7) is -0.0872. The van der Waals surface area contributed by atoms with E-state index in [4.69, 9.17) is 16.3 Å². The molecule has 0 unspecified atom stereocenters. The number of anilines is 1. The van der Waals surface area contributed by atoms with Crippen molar-refractivity contribution >= 4 is 23.3 Å². The molecule has 0 aliphatic rings. The number of aromatic nitrogens is 1. The van der Waals surface area contributed by atoms with Gasteiger partial charge in [-0.05, 0) is 29.3 Å². The van der Waals surface area contributed by atoms with Gasteiger partial charge in [0.1, 0.15) is 11.6 Å². The molecule has 3 aromatic rings. The number of rotatable bonds is 6. The van der Waals surface area contributed by atoms with E-state index < -0.39 is 0 Å². The Morgan fingerprint density at radius 1 is 1.00 bits per heavy atom. The predicted octanol–water partition coefficient (Wildman–Crippen LogP) is 4.34. The zero-order chi connectivity index (χ0) is 17.5. The van der Waals surface area contributed by atoms with Crippen molar-refractivity contribution < 1.29 is 9.53 Å². The van der Waals surface area contributed by atoms with Gasteiger partial charge in [0.05, 0.1) is 5.02 Å². The second kappa shape index (κ2) is 8.31. The highest BCUT2D eigenvalue weighted by atomic mass is 35.5. The van der Waals surface area contributed by atoms with Gasteiger partial charge in [-0.15, -0.1) is 0 Å². The number of amides is 1. The van der Waals surface area contributed by atoms with Gasteiger partial charge in [-0.25, -0.2) is 4.98 Å². The maximum absolute atomic E-state index is 12.0. The highest BCUT2D eigenvalue weighted by Crippen LogP contribution is 2.21. The number of carbonyl (C=O) groups is 1. The van der Waals surface area contributed by atoms with Gasteiger partial charge in [-0.1, -0.05) is 60.1 Å². The molecule has 126 valence electrons. The number of para-hydroxylation sites is 1. The fraction of sp³-hybridized carbons (Fsp3) is 0.100. The lowest BCUT2D eigenvalue weighted by molar-refractivity contribution is -0.118. The van der Waals surface area contributed by atoms with Crippen LogP contribution in [0.4, 0.5) is 5.82 Å². The van der Waals surface area contributed by atoms with Gasteiger partial charge in [0.15, 0.2) is 6.61 Å². The Hall–Kier alpha value is -2.85. The van der Waals surface area contributed by atoms with Crippen molar-refractivity contribution in [3.63, 3.8) is 0 Å². The van der Waals surface area contributed by atoms with E-state index in [0.717, 1.165) is 12.0 Å². The van der Waals surface area contributed by atoms with Crippen LogP contribution in [0, 0.1) is 0 Å². The zero-order valence-electron chi connectivity index (χ0n) is 13.5. The van der Waals surface area contributed by atoms with Crippen LogP contribution in [0.25, 0.3) is 0 Å². The van der Waals surface area contributed by atoms with E-state index in [1.54, 1.807) is 12.1 Å². The third kappa shape index (κ3) is 5.06. The number of nitrogens with zero attached hydrogens (tertiary/aromatic N) is 1. The first-order valence-corrected chi connectivity index (χ1v) is 8.24. The number of halogens is 1. The summed E-state index contributed by atoms with van der Waals surface area (Å²) in [6, 6.07) is 21.2. The lowest BCUT2D eigenvalue weighted by Gasteiger charge is -2.11. The van der Waals surface area contributed by atoms with Crippen LogP contribution >= 0.6 is 11.6 Å². The maximum atomic E-state index is 12.0. The first-order valence-electron chi connectivity index (χ1n) is 7.87. The van der Waals surface area contributed by atoms with Crippen LogP contribution in [-0.4, -0.2) is 17.5 Å². The third-order valence-electron chi connectivity index (χ3n) is 3.56. The van der Waals surface area contributed by atoms with Gasteiger partial charge in [0, 0.05) is 12.6 Å². The summed E-state index contributed by atoms with van der Waals surface area (Å²) in [4.78, 5) is 16.1. The summed E-state index contributed by atoms with van der Waals surface area (Å²) in [6.07, 6.45) is 2.23. The molecule has 4 nitrogen and oxygen atoms in total. The van der Waals surface area contributed by atoms with Crippen LogP contribution in [0.3, 0.4) is 0 Å². The number of nitrogens with one attached hydrogen (secondary N) is 1. The molecule has 0 spiro atoms. The van der Waals surface area contributed by atoms with Gasteiger partial charge in [-0.3, -0.25) is 4.79 Å². The van der Waals surface area contributed by atoms with E-state index in [9.17, 15) is 4.79 Å². The van der Waals surface area contributed by atoms with Crippen LogP contribution in [0.1, 0.15) is 11.1 Å². The minimum atomic E-state index is -0.274. The number of pyridine rings is 1. The van der Waals surface area contributed by atoms with Crippen molar-refractivity contribution in [3.05, 3.63) is 89.1 Å². The summed E-state index contributed by atoms with van der Waals surface area (Å²) in [5, 5.41) is 3.19. The molecule has 1 aromatic heterocycles. The zero-order valence-corrected chi connectivity index (χ0v) is 14.2. The Morgan fingerprint density at radius 3 is 2.52 bits per heavy atom. The number of ether oxygens (including phenoxy) is 1. The summed E-state index contributed by atoms with van der Waals surface area (Å²) in [5.41, 5.74) is 2.22. The maximum Gasteiger partial charge on any atom is 0.263 e. The molecule has 5 heteroatoms. The van der Waals surface area contributed by atoms with E-state index in [-0.39, 0.29) is 12.5 Å². The number of carbonyl (C=O) groups excluding carboxylic acids is 1. The lowest BCUT2D eigenvalue weighted by atomic mass is 10.0. The van der Waals surface area contributed by atoms with Crippen molar-refractivity contribution in [2.45, 2.75) is 6.42 Å². The topological polar surface area (TPSA) is 51.2 Å². The Morgan fingerprint density at radius 2 is 1.76 bits per heavy atom. The van der Waals surface area contributed by atoms with E-state index in [1.165, 1.54) is 11.8 Å². The van der Waals surface area contributed by atoms with Crippen molar-refractivity contribution in [1.29, 1.82) is 0 Å². The molecule has 0 atom stereocenters. The molecule has 3 rings (SSSR count). The highest BCUT2D eigenvalue weighted by Gasteiger charge is 2.08. The molecule has 0 saturated carbocycles. The SMILES string of the molecule is O=C(COc1ccccc1Cc1ccccc1)Nc1ccc(Cl)cn1. The average molecular weight is 353 g/mol. The smallest absolute Gasteiger partial charge is 0.263 e. The highest BCUT2D eigenvalue weighted by molar-refractivity contribution is 6.30. The molecule has 0 aliphatic heterocycles. The quantitative estimate of drug-likeness (QED) is 0.717. The molecule has 0 bridgehead atoms. The van der Waals surface area contributed by atoms with Gasteiger partial charge in [-0.2, -0.15) is 0 Å². The van der Waals surface area contributed by atoms with Crippen LogP contribution in [0.5, 0.6) is 5.75 Å². The molecule has 1 heterocycles.